The van der Waals surface area contributed by atoms with Gasteiger partial charge in [-0.3, -0.25) is 0 Å². The summed E-state index contributed by atoms with van der Waals surface area (Å²) in [6.45, 7) is 5.65. The molecule has 2 aliphatic rings. The van der Waals surface area contributed by atoms with Gasteiger partial charge in [0.05, 0.1) is 5.92 Å². The van der Waals surface area contributed by atoms with Crippen LogP contribution in [0.5, 0.6) is 0 Å². The van der Waals surface area contributed by atoms with Crippen molar-refractivity contribution in [1.82, 2.24) is 15.5 Å². The van der Waals surface area contributed by atoms with Crippen LogP contribution < -0.4 is 5.32 Å². The van der Waals surface area contributed by atoms with Crippen LogP contribution in [0.1, 0.15) is 88.8 Å². The van der Waals surface area contributed by atoms with Crippen LogP contribution in [0.3, 0.4) is 0 Å². The van der Waals surface area contributed by atoms with E-state index < -0.39 is 0 Å². The fraction of sp³-hybridized carbons (Fsp3) is 0.882. The van der Waals surface area contributed by atoms with E-state index in [0.29, 0.717) is 17.9 Å². The predicted molar refractivity (Wildman–Crippen MR) is 83.3 cm³/mol. The Kier molecular flexibility index (Phi) is 4.94. The Bertz CT molecular complexity index is 437. The van der Waals surface area contributed by atoms with Crippen molar-refractivity contribution in [3.63, 3.8) is 0 Å². The van der Waals surface area contributed by atoms with Crippen LogP contribution in [-0.2, 0) is 0 Å². The summed E-state index contributed by atoms with van der Waals surface area (Å²) < 4.78 is 5.64. The molecule has 0 radical (unpaired) electrons. The normalized spacial score (nSPS) is 33.4. The number of aromatic nitrogens is 2. The first-order chi connectivity index (χ1) is 10.3. The van der Waals surface area contributed by atoms with Gasteiger partial charge in [0, 0.05) is 12.0 Å². The van der Waals surface area contributed by atoms with Gasteiger partial charge in [-0.15, -0.1) is 0 Å². The van der Waals surface area contributed by atoms with Crippen molar-refractivity contribution in [3.8, 4) is 0 Å². The number of rotatable bonds is 5. The van der Waals surface area contributed by atoms with Gasteiger partial charge in [-0.2, -0.15) is 4.98 Å². The molecule has 2 unspecified atom stereocenters. The van der Waals surface area contributed by atoms with Crippen LogP contribution in [0.4, 0.5) is 0 Å². The van der Waals surface area contributed by atoms with Gasteiger partial charge in [0.15, 0.2) is 5.82 Å². The molecule has 0 amide bonds. The van der Waals surface area contributed by atoms with Crippen LogP contribution >= 0.6 is 0 Å². The number of hydrogen-bond acceptors (Lipinski definition) is 4. The second-order valence-electron chi connectivity index (χ2n) is 7.05. The van der Waals surface area contributed by atoms with Crippen molar-refractivity contribution in [1.29, 1.82) is 0 Å². The summed E-state index contributed by atoms with van der Waals surface area (Å²) in [7, 11) is 0. The number of nitrogens with one attached hydrogen (secondary N) is 1. The van der Waals surface area contributed by atoms with Gasteiger partial charge in [0.25, 0.3) is 0 Å². The zero-order valence-corrected chi connectivity index (χ0v) is 13.5. The Morgan fingerprint density at radius 2 is 1.95 bits per heavy atom. The molecule has 4 nitrogen and oxygen atoms in total. The molecule has 2 aliphatic carbocycles. The Hall–Kier alpha value is -0.900. The molecule has 1 aromatic rings. The third-order valence-electron chi connectivity index (χ3n) is 5.33. The fourth-order valence-corrected chi connectivity index (χ4v) is 3.91. The summed E-state index contributed by atoms with van der Waals surface area (Å²) in [6, 6.07) is 0.532. The molecule has 0 aliphatic heterocycles. The first-order valence-corrected chi connectivity index (χ1v) is 8.84. The van der Waals surface area contributed by atoms with E-state index in [1.165, 1.54) is 51.4 Å². The molecule has 3 rings (SSSR count). The van der Waals surface area contributed by atoms with Crippen molar-refractivity contribution in [2.45, 2.75) is 83.1 Å². The number of nitrogens with zero attached hydrogens (tertiary/aromatic N) is 2. The van der Waals surface area contributed by atoms with Crippen LogP contribution in [-0.4, -0.2) is 22.7 Å². The van der Waals surface area contributed by atoms with E-state index in [-0.39, 0.29) is 0 Å². The molecule has 0 saturated heterocycles. The average molecular weight is 291 g/mol. The first kappa shape index (κ1) is 15.0. The van der Waals surface area contributed by atoms with E-state index in [0.717, 1.165) is 24.2 Å². The largest absolute Gasteiger partial charge is 0.339 e. The third-order valence-corrected chi connectivity index (χ3v) is 5.33. The fourth-order valence-electron chi connectivity index (χ4n) is 3.91. The first-order valence-electron chi connectivity index (χ1n) is 8.84. The molecule has 0 spiro atoms. The van der Waals surface area contributed by atoms with Gasteiger partial charge in [-0.05, 0) is 44.6 Å². The predicted octanol–water partition coefficient (Wildman–Crippen LogP) is 4.00. The molecule has 2 atom stereocenters. The minimum Gasteiger partial charge on any atom is -0.339 e. The third kappa shape index (κ3) is 3.47. The molecule has 4 heteroatoms. The smallest absolute Gasteiger partial charge is 0.231 e. The van der Waals surface area contributed by atoms with Gasteiger partial charge >= 0.3 is 0 Å². The molecule has 1 N–H and O–H groups in total. The van der Waals surface area contributed by atoms with E-state index in [1.54, 1.807) is 0 Å². The van der Waals surface area contributed by atoms with E-state index >= 15 is 0 Å². The highest BCUT2D eigenvalue weighted by molar-refractivity contribution is 5.05. The van der Waals surface area contributed by atoms with Crippen molar-refractivity contribution in [3.05, 3.63) is 11.7 Å². The molecule has 2 fully saturated rings. The maximum absolute atomic E-state index is 5.64. The van der Waals surface area contributed by atoms with Gasteiger partial charge in [0.2, 0.25) is 5.89 Å². The molecule has 1 heterocycles. The summed E-state index contributed by atoms with van der Waals surface area (Å²) in [4.78, 5) is 4.78. The van der Waals surface area contributed by atoms with Crippen LogP contribution in [0.2, 0.25) is 0 Å². The van der Waals surface area contributed by atoms with Crippen LogP contribution in [0, 0.1) is 5.92 Å². The Morgan fingerprint density at radius 1 is 1.14 bits per heavy atom. The zero-order valence-electron chi connectivity index (χ0n) is 13.5. The lowest BCUT2D eigenvalue weighted by Crippen LogP contribution is -2.31. The highest BCUT2D eigenvalue weighted by Gasteiger charge is 2.33. The summed E-state index contributed by atoms with van der Waals surface area (Å²) in [5.41, 5.74) is 0. The molecule has 1 aromatic heterocycles. The Balaban J connectivity index is 1.64. The maximum atomic E-state index is 5.64. The highest BCUT2D eigenvalue weighted by Crippen LogP contribution is 2.37. The maximum Gasteiger partial charge on any atom is 0.231 e. The SMILES string of the molecule is CCCNC1CCCC1c1nc(C2CCC(C)CC2)no1. The van der Waals surface area contributed by atoms with Crippen LogP contribution in [0.15, 0.2) is 4.52 Å². The second kappa shape index (κ2) is 6.91. The minimum atomic E-state index is 0.431. The van der Waals surface area contributed by atoms with Gasteiger partial charge in [0.1, 0.15) is 0 Å². The quantitative estimate of drug-likeness (QED) is 0.891. The van der Waals surface area contributed by atoms with E-state index in [9.17, 15) is 0 Å². The monoisotopic (exact) mass is 291 g/mol. The van der Waals surface area contributed by atoms with E-state index in [1.807, 2.05) is 0 Å². The molecule has 118 valence electrons. The molecular formula is C17H29N3O. The Morgan fingerprint density at radius 3 is 2.71 bits per heavy atom. The average Bonchev–Trinajstić information content (AvgIpc) is 3.14. The van der Waals surface area contributed by atoms with Gasteiger partial charge in [-0.25, -0.2) is 0 Å². The van der Waals surface area contributed by atoms with Crippen molar-refractivity contribution in [2.75, 3.05) is 6.54 Å². The van der Waals surface area contributed by atoms with Crippen molar-refractivity contribution in [2.24, 2.45) is 5.92 Å². The standard InChI is InChI=1S/C17H29N3O/c1-3-11-18-15-6-4-5-14(15)17-19-16(20-21-17)13-9-7-12(2)8-10-13/h12-15,18H,3-11H2,1-2H3. The summed E-state index contributed by atoms with van der Waals surface area (Å²) >= 11 is 0. The van der Waals surface area contributed by atoms with Crippen molar-refractivity contribution < 1.29 is 4.52 Å². The molecule has 0 aromatic carbocycles. The summed E-state index contributed by atoms with van der Waals surface area (Å²) in [6.07, 6.45) is 9.93. The lowest BCUT2D eigenvalue weighted by Gasteiger charge is -2.23. The lowest BCUT2D eigenvalue weighted by molar-refractivity contribution is 0.311. The van der Waals surface area contributed by atoms with E-state index in [2.05, 4.69) is 24.3 Å². The van der Waals surface area contributed by atoms with Crippen LogP contribution in [0.25, 0.3) is 0 Å². The molecule has 21 heavy (non-hydrogen) atoms. The summed E-state index contributed by atoms with van der Waals surface area (Å²) in [5.74, 6) is 3.68. The minimum absolute atomic E-state index is 0.431. The molecular weight excluding hydrogens is 262 g/mol. The summed E-state index contributed by atoms with van der Waals surface area (Å²) in [5, 5.41) is 7.96. The second-order valence-corrected chi connectivity index (χ2v) is 7.05. The highest BCUT2D eigenvalue weighted by atomic mass is 16.5. The van der Waals surface area contributed by atoms with Crippen molar-refractivity contribution >= 4 is 0 Å². The Labute approximate surface area is 128 Å². The molecule has 2 saturated carbocycles. The van der Waals surface area contributed by atoms with Gasteiger partial charge < -0.3 is 9.84 Å². The lowest BCUT2D eigenvalue weighted by atomic mass is 9.83. The topological polar surface area (TPSA) is 51.0 Å². The molecule has 0 bridgehead atoms. The number of hydrogen-bond donors (Lipinski definition) is 1. The van der Waals surface area contributed by atoms with Gasteiger partial charge in [-0.1, -0.05) is 38.3 Å². The van der Waals surface area contributed by atoms with E-state index in [4.69, 9.17) is 9.51 Å². The zero-order chi connectivity index (χ0) is 14.7.